The summed E-state index contributed by atoms with van der Waals surface area (Å²) < 4.78 is 8.54. The molecule has 1 saturated heterocycles. The number of rotatable bonds is 3. The quantitative estimate of drug-likeness (QED) is 0.823. The van der Waals surface area contributed by atoms with Gasteiger partial charge in [-0.15, -0.1) is 0 Å². The highest BCUT2D eigenvalue weighted by atomic mass is 32.1. The average molecular weight is 239 g/mol. The van der Waals surface area contributed by atoms with Crippen molar-refractivity contribution in [3.8, 4) is 0 Å². The fraction of sp³-hybridized carbons (Fsp3) is 0.818. The largest absolute Gasteiger partial charge is 0.378 e. The Morgan fingerprint density at radius 3 is 2.94 bits per heavy atom. The fourth-order valence-electron chi connectivity index (χ4n) is 2.41. The zero-order valence-corrected chi connectivity index (χ0v) is 10.3. The summed E-state index contributed by atoms with van der Waals surface area (Å²) in [5.41, 5.74) is 0. The summed E-state index contributed by atoms with van der Waals surface area (Å²) in [7, 11) is 0. The summed E-state index contributed by atoms with van der Waals surface area (Å²) in [6.45, 7) is 4.00. The second kappa shape index (κ2) is 3.96. The SMILES string of the molecule is CC1OCCC1Cn1c(C2CC2)n[nH]c1=S. The van der Waals surface area contributed by atoms with Crippen molar-refractivity contribution in [3.05, 3.63) is 10.6 Å². The summed E-state index contributed by atoms with van der Waals surface area (Å²) in [5.74, 6) is 2.39. The summed E-state index contributed by atoms with van der Waals surface area (Å²) >= 11 is 5.30. The highest BCUT2D eigenvalue weighted by Gasteiger charge is 2.31. The van der Waals surface area contributed by atoms with E-state index in [1.807, 2.05) is 0 Å². The first-order valence-electron chi connectivity index (χ1n) is 6.02. The van der Waals surface area contributed by atoms with Crippen molar-refractivity contribution in [1.82, 2.24) is 14.8 Å². The van der Waals surface area contributed by atoms with Crippen LogP contribution in [0, 0.1) is 10.7 Å². The molecule has 2 fully saturated rings. The van der Waals surface area contributed by atoms with E-state index in [9.17, 15) is 0 Å². The van der Waals surface area contributed by atoms with Crippen LogP contribution in [0.4, 0.5) is 0 Å². The molecular weight excluding hydrogens is 222 g/mol. The van der Waals surface area contributed by atoms with Gasteiger partial charge in [0.1, 0.15) is 5.82 Å². The van der Waals surface area contributed by atoms with Crippen LogP contribution in [-0.2, 0) is 11.3 Å². The van der Waals surface area contributed by atoms with Gasteiger partial charge in [-0.2, -0.15) is 5.10 Å². The topological polar surface area (TPSA) is 42.8 Å². The van der Waals surface area contributed by atoms with E-state index in [1.54, 1.807) is 0 Å². The molecule has 0 bridgehead atoms. The molecule has 2 atom stereocenters. The van der Waals surface area contributed by atoms with Crippen LogP contribution in [0.1, 0.15) is 37.9 Å². The molecule has 2 aliphatic rings. The Balaban J connectivity index is 1.82. The highest BCUT2D eigenvalue weighted by molar-refractivity contribution is 7.71. The minimum absolute atomic E-state index is 0.351. The monoisotopic (exact) mass is 239 g/mol. The Kier molecular flexibility index (Phi) is 2.59. The maximum absolute atomic E-state index is 5.59. The Bertz CT molecular complexity index is 435. The lowest BCUT2D eigenvalue weighted by Crippen LogP contribution is -2.19. The number of hydrogen-bond acceptors (Lipinski definition) is 3. The highest BCUT2D eigenvalue weighted by Crippen LogP contribution is 2.39. The third kappa shape index (κ3) is 1.82. The standard InChI is InChI=1S/C11H17N3OS/c1-7-9(4-5-15-7)6-14-10(8-2-3-8)12-13-11(14)16/h7-9H,2-6H2,1H3,(H,13,16). The number of nitrogens with zero attached hydrogens (tertiary/aromatic N) is 2. The first-order chi connectivity index (χ1) is 7.75. The summed E-state index contributed by atoms with van der Waals surface area (Å²) in [4.78, 5) is 0. The van der Waals surface area contributed by atoms with E-state index < -0.39 is 0 Å². The lowest BCUT2D eigenvalue weighted by atomic mass is 10.0. The van der Waals surface area contributed by atoms with E-state index in [4.69, 9.17) is 17.0 Å². The van der Waals surface area contributed by atoms with E-state index in [1.165, 1.54) is 12.8 Å². The molecule has 1 N–H and O–H groups in total. The zero-order valence-electron chi connectivity index (χ0n) is 9.48. The van der Waals surface area contributed by atoms with Gasteiger partial charge in [-0.3, -0.25) is 5.10 Å². The molecule has 5 heteroatoms. The van der Waals surface area contributed by atoms with Crippen LogP contribution in [0.3, 0.4) is 0 Å². The molecular formula is C11H17N3OS. The summed E-state index contributed by atoms with van der Waals surface area (Å²) in [6, 6.07) is 0. The first kappa shape index (κ1) is 10.5. The van der Waals surface area contributed by atoms with Crippen LogP contribution < -0.4 is 0 Å². The molecule has 1 aromatic rings. The minimum atomic E-state index is 0.351. The van der Waals surface area contributed by atoms with Gasteiger partial charge in [0.15, 0.2) is 4.77 Å². The zero-order chi connectivity index (χ0) is 11.1. The average Bonchev–Trinajstić information content (AvgIpc) is 2.94. The van der Waals surface area contributed by atoms with Crippen molar-refractivity contribution < 1.29 is 4.74 Å². The van der Waals surface area contributed by atoms with Crippen molar-refractivity contribution in [2.45, 2.75) is 44.8 Å². The second-order valence-corrected chi connectivity index (χ2v) is 5.28. The van der Waals surface area contributed by atoms with Crippen molar-refractivity contribution >= 4 is 12.2 Å². The predicted molar refractivity (Wildman–Crippen MR) is 62.9 cm³/mol. The van der Waals surface area contributed by atoms with E-state index in [-0.39, 0.29) is 0 Å². The molecule has 16 heavy (non-hydrogen) atoms. The van der Waals surface area contributed by atoms with Gasteiger partial charge in [0.2, 0.25) is 0 Å². The van der Waals surface area contributed by atoms with Gasteiger partial charge >= 0.3 is 0 Å². The summed E-state index contributed by atoms with van der Waals surface area (Å²) in [5, 5.41) is 7.27. The molecule has 0 radical (unpaired) electrons. The Morgan fingerprint density at radius 2 is 2.31 bits per heavy atom. The molecule has 0 spiro atoms. The molecule has 2 heterocycles. The molecule has 88 valence electrons. The van der Waals surface area contributed by atoms with Crippen molar-refractivity contribution in [2.24, 2.45) is 5.92 Å². The molecule has 0 aromatic carbocycles. The molecule has 0 amide bonds. The number of hydrogen-bond donors (Lipinski definition) is 1. The molecule has 1 aliphatic heterocycles. The van der Waals surface area contributed by atoms with Gasteiger partial charge in [0.25, 0.3) is 0 Å². The molecule has 1 saturated carbocycles. The van der Waals surface area contributed by atoms with Crippen molar-refractivity contribution in [2.75, 3.05) is 6.61 Å². The van der Waals surface area contributed by atoms with Gasteiger partial charge in [0, 0.05) is 25.0 Å². The van der Waals surface area contributed by atoms with E-state index >= 15 is 0 Å². The van der Waals surface area contributed by atoms with Crippen LogP contribution in [-0.4, -0.2) is 27.5 Å². The van der Waals surface area contributed by atoms with Crippen LogP contribution in [0.2, 0.25) is 0 Å². The Hall–Kier alpha value is -0.680. The van der Waals surface area contributed by atoms with Gasteiger partial charge in [-0.25, -0.2) is 0 Å². The third-order valence-electron chi connectivity index (χ3n) is 3.68. The lowest BCUT2D eigenvalue weighted by Gasteiger charge is -2.15. The van der Waals surface area contributed by atoms with Gasteiger partial charge in [0.05, 0.1) is 6.10 Å². The number of nitrogens with one attached hydrogen (secondary N) is 1. The third-order valence-corrected chi connectivity index (χ3v) is 3.99. The van der Waals surface area contributed by atoms with Gasteiger partial charge < -0.3 is 9.30 Å². The maximum Gasteiger partial charge on any atom is 0.195 e. The minimum Gasteiger partial charge on any atom is -0.378 e. The normalized spacial score (nSPS) is 29.8. The first-order valence-corrected chi connectivity index (χ1v) is 6.43. The second-order valence-electron chi connectivity index (χ2n) is 4.90. The number of H-pyrrole nitrogens is 1. The number of ether oxygens (including phenoxy) is 1. The van der Waals surface area contributed by atoms with Crippen molar-refractivity contribution in [3.63, 3.8) is 0 Å². The molecule has 1 aliphatic carbocycles. The Labute approximate surface area is 100 Å². The molecule has 1 aromatic heterocycles. The molecule has 3 rings (SSSR count). The van der Waals surface area contributed by atoms with Crippen LogP contribution in [0.15, 0.2) is 0 Å². The lowest BCUT2D eigenvalue weighted by molar-refractivity contribution is 0.101. The van der Waals surface area contributed by atoms with Gasteiger partial charge in [-0.05, 0) is 38.4 Å². The van der Waals surface area contributed by atoms with Crippen LogP contribution in [0.25, 0.3) is 0 Å². The maximum atomic E-state index is 5.59. The van der Waals surface area contributed by atoms with E-state index in [0.717, 1.165) is 30.2 Å². The Morgan fingerprint density at radius 1 is 1.50 bits per heavy atom. The molecule has 2 unspecified atom stereocenters. The van der Waals surface area contributed by atoms with Crippen LogP contribution >= 0.6 is 12.2 Å². The van der Waals surface area contributed by atoms with Crippen LogP contribution in [0.5, 0.6) is 0 Å². The van der Waals surface area contributed by atoms with E-state index in [2.05, 4.69) is 21.7 Å². The smallest absolute Gasteiger partial charge is 0.195 e. The summed E-state index contributed by atoms with van der Waals surface area (Å²) in [6.07, 6.45) is 4.01. The molecule has 4 nitrogen and oxygen atoms in total. The fourth-order valence-corrected chi connectivity index (χ4v) is 2.62. The number of aromatic nitrogens is 3. The number of aromatic amines is 1. The van der Waals surface area contributed by atoms with Gasteiger partial charge in [-0.1, -0.05) is 0 Å². The van der Waals surface area contributed by atoms with Crippen molar-refractivity contribution in [1.29, 1.82) is 0 Å². The van der Waals surface area contributed by atoms with E-state index in [0.29, 0.717) is 17.9 Å². The predicted octanol–water partition coefficient (Wildman–Crippen LogP) is 2.24.